The summed E-state index contributed by atoms with van der Waals surface area (Å²) in [6.07, 6.45) is -3.71. The maximum atomic E-state index is 12.7. The average Bonchev–Trinajstić information content (AvgIpc) is 3.10. The molecule has 3 aromatic rings. The minimum absolute atomic E-state index is 0.0676. The number of rotatable bonds is 3. The van der Waals surface area contributed by atoms with Gasteiger partial charge in [0.25, 0.3) is 0 Å². The highest BCUT2D eigenvalue weighted by Gasteiger charge is 2.30. The molecule has 27 heavy (non-hydrogen) atoms. The summed E-state index contributed by atoms with van der Waals surface area (Å²) in [5, 5.41) is 4.34. The summed E-state index contributed by atoms with van der Waals surface area (Å²) in [5.74, 6) is 0.0676. The molecular weight excluding hydrogens is 377 g/mol. The molecule has 1 N–H and O–H groups in total. The van der Waals surface area contributed by atoms with E-state index >= 15 is 0 Å². The molecule has 0 saturated heterocycles. The first-order valence-corrected chi connectivity index (χ1v) is 8.87. The van der Waals surface area contributed by atoms with Crippen molar-refractivity contribution in [3.63, 3.8) is 0 Å². The lowest BCUT2D eigenvalue weighted by Crippen LogP contribution is -2.19. The van der Waals surface area contributed by atoms with Gasteiger partial charge >= 0.3 is 6.18 Å². The van der Waals surface area contributed by atoms with Crippen LogP contribution in [-0.2, 0) is 6.42 Å². The zero-order chi connectivity index (χ0) is 19.2. The van der Waals surface area contributed by atoms with Crippen LogP contribution < -0.4 is 10.1 Å². The molecule has 0 saturated carbocycles. The Balaban J connectivity index is 1.98. The second-order valence-electron chi connectivity index (χ2n) is 6.49. The Morgan fingerprint density at radius 3 is 2.67 bits per heavy atom. The van der Waals surface area contributed by atoms with Gasteiger partial charge in [0.15, 0.2) is 6.61 Å². The smallest absolute Gasteiger partial charge is 0.422 e. The number of hydrogen-bond acceptors (Lipinski definition) is 3. The van der Waals surface area contributed by atoms with E-state index in [-0.39, 0.29) is 5.75 Å². The third-order valence-electron chi connectivity index (χ3n) is 4.66. The molecule has 0 unspecified atom stereocenters. The van der Waals surface area contributed by atoms with E-state index in [1.54, 1.807) is 6.07 Å². The van der Waals surface area contributed by atoms with Crippen molar-refractivity contribution in [2.75, 3.05) is 18.5 Å². The van der Waals surface area contributed by atoms with Crippen molar-refractivity contribution >= 4 is 28.2 Å². The first-order chi connectivity index (χ1) is 12.8. The predicted molar refractivity (Wildman–Crippen MR) is 101 cm³/mol. The van der Waals surface area contributed by atoms with Crippen molar-refractivity contribution in [1.29, 1.82) is 0 Å². The molecule has 0 atom stereocenters. The molecule has 0 aliphatic carbocycles. The zero-order valence-corrected chi connectivity index (χ0v) is 15.2. The lowest BCUT2D eigenvalue weighted by Gasteiger charge is -2.17. The van der Waals surface area contributed by atoms with E-state index in [9.17, 15) is 13.2 Å². The molecule has 1 aromatic heterocycles. The van der Waals surface area contributed by atoms with E-state index in [1.807, 2.05) is 31.2 Å². The van der Waals surface area contributed by atoms with Crippen molar-refractivity contribution in [2.24, 2.45) is 0 Å². The maximum absolute atomic E-state index is 12.7. The molecule has 0 amide bonds. The number of nitrogens with one attached hydrogen (secondary N) is 1. The number of hydrogen-bond donors (Lipinski definition) is 1. The molecule has 2 aromatic carbocycles. The Morgan fingerprint density at radius 2 is 1.93 bits per heavy atom. The maximum Gasteiger partial charge on any atom is 0.422 e. The summed E-state index contributed by atoms with van der Waals surface area (Å²) in [4.78, 5) is 4.40. The van der Waals surface area contributed by atoms with Crippen LogP contribution in [0, 0.1) is 6.92 Å². The fourth-order valence-corrected chi connectivity index (χ4v) is 3.74. The molecule has 0 spiro atoms. The number of fused-ring (bicyclic) bond motifs is 3. The summed E-state index contributed by atoms with van der Waals surface area (Å²) in [7, 11) is 0. The minimum Gasteiger partial charge on any atom is -0.482 e. The molecule has 140 valence electrons. The summed E-state index contributed by atoms with van der Waals surface area (Å²) in [6, 6.07) is 11.2. The van der Waals surface area contributed by atoms with Gasteiger partial charge in [-0.15, -0.1) is 0 Å². The lowest BCUT2D eigenvalue weighted by molar-refractivity contribution is -0.153. The molecular formula is C20H16ClF3N2O. The second kappa shape index (κ2) is 6.60. The monoisotopic (exact) mass is 392 g/mol. The van der Waals surface area contributed by atoms with Gasteiger partial charge in [-0.25, -0.2) is 4.98 Å². The molecule has 2 heterocycles. The van der Waals surface area contributed by atoms with Gasteiger partial charge in [0.2, 0.25) is 0 Å². The minimum atomic E-state index is -4.43. The number of benzene rings is 2. The van der Waals surface area contributed by atoms with Gasteiger partial charge in [0.1, 0.15) is 16.4 Å². The standard InChI is InChI=1S/C20H16ClF3N2O/c1-11-4-2-3-5-12(11)13-6-7-15(27-10-20(22,23)24)18-16(13)17-14(8-9-25-17)19(21)26-18/h2-7,25H,8-10H2,1H3. The van der Waals surface area contributed by atoms with Crippen molar-refractivity contribution < 1.29 is 17.9 Å². The quantitative estimate of drug-likeness (QED) is 0.574. The highest BCUT2D eigenvalue weighted by molar-refractivity contribution is 6.32. The highest BCUT2D eigenvalue weighted by Crippen LogP contribution is 2.44. The van der Waals surface area contributed by atoms with Crippen LogP contribution in [0.4, 0.5) is 18.9 Å². The highest BCUT2D eigenvalue weighted by atomic mass is 35.5. The summed E-state index contributed by atoms with van der Waals surface area (Å²) >= 11 is 6.31. The zero-order valence-electron chi connectivity index (χ0n) is 14.5. The number of ether oxygens (including phenoxy) is 1. The van der Waals surface area contributed by atoms with Crippen molar-refractivity contribution in [2.45, 2.75) is 19.5 Å². The number of pyridine rings is 1. The fraction of sp³-hybridized carbons (Fsp3) is 0.250. The number of anilines is 1. The number of nitrogens with zero attached hydrogens (tertiary/aromatic N) is 1. The molecule has 1 aliphatic heterocycles. The Hall–Kier alpha value is -2.47. The third kappa shape index (κ3) is 3.30. The van der Waals surface area contributed by atoms with Crippen molar-refractivity contribution in [3.05, 3.63) is 52.7 Å². The normalized spacial score (nSPS) is 13.5. The van der Waals surface area contributed by atoms with Crippen LogP contribution in [0.5, 0.6) is 5.75 Å². The molecule has 1 aliphatic rings. The van der Waals surface area contributed by atoms with Crippen LogP contribution >= 0.6 is 11.6 Å². The van der Waals surface area contributed by atoms with E-state index in [2.05, 4.69) is 10.3 Å². The Bertz CT molecular complexity index is 1030. The van der Waals surface area contributed by atoms with E-state index in [0.29, 0.717) is 17.2 Å². The first kappa shape index (κ1) is 17.9. The number of halogens is 4. The lowest BCUT2D eigenvalue weighted by atomic mass is 9.95. The van der Waals surface area contributed by atoms with Crippen molar-refractivity contribution in [1.82, 2.24) is 4.98 Å². The summed E-state index contributed by atoms with van der Waals surface area (Å²) in [5.41, 5.74) is 4.97. The number of aryl methyl sites for hydroxylation is 1. The molecule has 0 radical (unpaired) electrons. The van der Waals surface area contributed by atoms with Crippen LogP contribution in [0.25, 0.3) is 22.0 Å². The Labute approximate surface area is 159 Å². The van der Waals surface area contributed by atoms with E-state index in [0.717, 1.165) is 39.7 Å². The largest absolute Gasteiger partial charge is 0.482 e. The van der Waals surface area contributed by atoms with Gasteiger partial charge in [-0.2, -0.15) is 13.2 Å². The molecule has 3 nitrogen and oxygen atoms in total. The molecule has 0 bridgehead atoms. The van der Waals surface area contributed by atoms with Gasteiger partial charge in [0.05, 0.1) is 5.69 Å². The van der Waals surface area contributed by atoms with E-state index in [1.165, 1.54) is 6.07 Å². The predicted octanol–water partition coefficient (Wildman–Crippen LogP) is 5.77. The fourth-order valence-electron chi connectivity index (χ4n) is 3.47. The average molecular weight is 393 g/mol. The van der Waals surface area contributed by atoms with Crippen LogP contribution in [0.3, 0.4) is 0 Å². The van der Waals surface area contributed by atoms with Gasteiger partial charge in [-0.05, 0) is 42.2 Å². The van der Waals surface area contributed by atoms with E-state index < -0.39 is 12.8 Å². The first-order valence-electron chi connectivity index (χ1n) is 8.49. The number of alkyl halides is 3. The van der Waals surface area contributed by atoms with Gasteiger partial charge in [0, 0.05) is 17.5 Å². The Morgan fingerprint density at radius 1 is 1.15 bits per heavy atom. The Kier molecular flexibility index (Phi) is 4.38. The topological polar surface area (TPSA) is 34.1 Å². The second-order valence-corrected chi connectivity index (χ2v) is 6.84. The summed E-state index contributed by atoms with van der Waals surface area (Å²) < 4.78 is 43.0. The van der Waals surface area contributed by atoms with Gasteiger partial charge in [-0.1, -0.05) is 35.9 Å². The van der Waals surface area contributed by atoms with E-state index in [4.69, 9.17) is 16.3 Å². The van der Waals surface area contributed by atoms with Gasteiger partial charge in [-0.3, -0.25) is 0 Å². The van der Waals surface area contributed by atoms with Gasteiger partial charge < -0.3 is 10.1 Å². The SMILES string of the molecule is Cc1ccccc1-c1ccc(OCC(F)(F)F)c2nc(Cl)c3c(c12)NCC3. The van der Waals surface area contributed by atoms with Crippen molar-refractivity contribution in [3.8, 4) is 16.9 Å². The number of aromatic nitrogens is 1. The van der Waals surface area contributed by atoms with Crippen LogP contribution in [0.15, 0.2) is 36.4 Å². The molecule has 4 rings (SSSR count). The van der Waals surface area contributed by atoms with Crippen LogP contribution in [0.1, 0.15) is 11.1 Å². The molecule has 7 heteroatoms. The van der Waals surface area contributed by atoms with Crippen LogP contribution in [-0.4, -0.2) is 24.3 Å². The molecule has 0 fully saturated rings. The third-order valence-corrected chi connectivity index (χ3v) is 4.97. The van der Waals surface area contributed by atoms with Crippen LogP contribution in [0.2, 0.25) is 5.15 Å². The summed E-state index contributed by atoms with van der Waals surface area (Å²) in [6.45, 7) is 1.32.